The van der Waals surface area contributed by atoms with Crippen LogP contribution in [-0.2, 0) is 0 Å². The van der Waals surface area contributed by atoms with E-state index in [9.17, 15) is 4.39 Å². The Kier molecular flexibility index (Phi) is 3.04. The molecule has 4 heteroatoms. The van der Waals surface area contributed by atoms with Crippen LogP contribution >= 0.6 is 0 Å². The molecule has 0 saturated carbocycles. The van der Waals surface area contributed by atoms with Crippen LogP contribution in [0.2, 0.25) is 0 Å². The molecule has 0 fully saturated rings. The van der Waals surface area contributed by atoms with Crippen LogP contribution < -0.4 is 4.74 Å². The maximum absolute atomic E-state index is 13.6. The Morgan fingerprint density at radius 2 is 1.76 bits per heavy atom. The molecule has 0 bridgehead atoms. The van der Waals surface area contributed by atoms with Gasteiger partial charge in [-0.15, -0.1) is 0 Å². The van der Waals surface area contributed by atoms with Gasteiger partial charge in [0.1, 0.15) is 6.33 Å². The molecule has 1 heterocycles. The first-order valence-corrected chi connectivity index (χ1v) is 5.25. The summed E-state index contributed by atoms with van der Waals surface area (Å²) in [5.74, 6) is -0.145. The van der Waals surface area contributed by atoms with Gasteiger partial charge in [-0.3, -0.25) is 0 Å². The lowest BCUT2D eigenvalue weighted by Gasteiger charge is -2.09. The minimum atomic E-state index is -0.382. The van der Waals surface area contributed by atoms with Crippen molar-refractivity contribution < 1.29 is 9.13 Å². The largest absolute Gasteiger partial charge is 0.494 e. The summed E-state index contributed by atoms with van der Waals surface area (Å²) >= 11 is 0. The van der Waals surface area contributed by atoms with Crippen LogP contribution in [0, 0.1) is 19.7 Å². The fourth-order valence-corrected chi connectivity index (χ4v) is 1.83. The standard InChI is InChI=1S/C13H13FN2O/c1-8-13(9(2)16-7-15-8)10-4-5-12(17-3)11(14)6-10/h4-7H,1-3H3. The first kappa shape index (κ1) is 11.5. The Hall–Kier alpha value is -1.97. The summed E-state index contributed by atoms with van der Waals surface area (Å²) in [4.78, 5) is 8.25. The van der Waals surface area contributed by atoms with Crippen molar-refractivity contribution in [3.63, 3.8) is 0 Å². The highest BCUT2D eigenvalue weighted by atomic mass is 19.1. The van der Waals surface area contributed by atoms with Crippen molar-refractivity contribution in [2.75, 3.05) is 7.11 Å². The Bertz CT molecular complexity index is 535. The Morgan fingerprint density at radius 3 is 2.29 bits per heavy atom. The number of nitrogens with zero attached hydrogens (tertiary/aromatic N) is 2. The fraction of sp³-hybridized carbons (Fsp3) is 0.231. The summed E-state index contributed by atoms with van der Waals surface area (Å²) in [5.41, 5.74) is 3.30. The van der Waals surface area contributed by atoms with E-state index in [1.807, 2.05) is 13.8 Å². The smallest absolute Gasteiger partial charge is 0.165 e. The van der Waals surface area contributed by atoms with Gasteiger partial charge >= 0.3 is 0 Å². The molecule has 3 nitrogen and oxygen atoms in total. The molecule has 0 saturated heterocycles. The van der Waals surface area contributed by atoms with Gasteiger partial charge in [-0.1, -0.05) is 6.07 Å². The predicted molar refractivity (Wildman–Crippen MR) is 63.5 cm³/mol. The van der Waals surface area contributed by atoms with Crippen LogP contribution in [0.4, 0.5) is 4.39 Å². The highest BCUT2D eigenvalue weighted by molar-refractivity contribution is 5.68. The van der Waals surface area contributed by atoms with E-state index in [0.29, 0.717) is 0 Å². The summed E-state index contributed by atoms with van der Waals surface area (Å²) in [6.45, 7) is 3.76. The van der Waals surface area contributed by atoms with Gasteiger partial charge in [0.15, 0.2) is 11.6 Å². The molecule has 1 aromatic carbocycles. The van der Waals surface area contributed by atoms with Crippen molar-refractivity contribution in [3.05, 3.63) is 41.7 Å². The van der Waals surface area contributed by atoms with Gasteiger partial charge < -0.3 is 4.74 Å². The summed E-state index contributed by atoms with van der Waals surface area (Å²) in [5, 5.41) is 0. The van der Waals surface area contributed by atoms with E-state index < -0.39 is 0 Å². The second-order valence-electron chi connectivity index (χ2n) is 3.77. The topological polar surface area (TPSA) is 35.0 Å². The van der Waals surface area contributed by atoms with Crippen molar-refractivity contribution in [1.82, 2.24) is 9.97 Å². The lowest BCUT2D eigenvalue weighted by molar-refractivity contribution is 0.386. The lowest BCUT2D eigenvalue weighted by atomic mass is 10.0. The van der Waals surface area contributed by atoms with Gasteiger partial charge in [0, 0.05) is 17.0 Å². The summed E-state index contributed by atoms with van der Waals surface area (Å²) < 4.78 is 18.5. The molecule has 17 heavy (non-hydrogen) atoms. The third kappa shape index (κ3) is 2.11. The number of hydrogen-bond donors (Lipinski definition) is 0. The molecule has 0 N–H and O–H groups in total. The highest BCUT2D eigenvalue weighted by Gasteiger charge is 2.10. The molecule has 0 atom stereocenters. The molecule has 0 amide bonds. The number of ether oxygens (including phenoxy) is 1. The Labute approximate surface area is 99.3 Å². The van der Waals surface area contributed by atoms with Crippen LogP contribution in [0.1, 0.15) is 11.4 Å². The SMILES string of the molecule is COc1ccc(-c2c(C)ncnc2C)cc1F. The Morgan fingerprint density at radius 1 is 1.12 bits per heavy atom. The zero-order valence-corrected chi connectivity index (χ0v) is 9.99. The first-order chi connectivity index (χ1) is 8.13. The van der Waals surface area contributed by atoms with Crippen LogP contribution in [0.5, 0.6) is 5.75 Å². The van der Waals surface area contributed by atoms with Gasteiger partial charge in [-0.25, -0.2) is 14.4 Å². The van der Waals surface area contributed by atoms with E-state index in [1.165, 1.54) is 19.5 Å². The second kappa shape index (κ2) is 4.49. The van der Waals surface area contributed by atoms with Gasteiger partial charge in [0.25, 0.3) is 0 Å². The second-order valence-corrected chi connectivity index (χ2v) is 3.77. The number of halogens is 1. The number of methoxy groups -OCH3 is 1. The minimum absolute atomic E-state index is 0.237. The molecule has 1 aromatic heterocycles. The van der Waals surface area contributed by atoms with Crippen LogP contribution in [0.25, 0.3) is 11.1 Å². The van der Waals surface area contributed by atoms with Gasteiger partial charge in [0.05, 0.1) is 7.11 Å². The first-order valence-electron chi connectivity index (χ1n) is 5.25. The number of aryl methyl sites for hydroxylation is 2. The number of hydrogen-bond acceptors (Lipinski definition) is 3. The van der Waals surface area contributed by atoms with E-state index in [1.54, 1.807) is 12.1 Å². The number of aromatic nitrogens is 2. The van der Waals surface area contributed by atoms with E-state index in [4.69, 9.17) is 4.74 Å². The van der Waals surface area contributed by atoms with Gasteiger partial charge in [-0.2, -0.15) is 0 Å². The van der Waals surface area contributed by atoms with Crippen LogP contribution in [0.15, 0.2) is 24.5 Å². The predicted octanol–water partition coefficient (Wildman–Crippen LogP) is 2.91. The molecular formula is C13H13FN2O. The molecule has 0 spiro atoms. The molecule has 2 aromatic rings. The zero-order valence-electron chi connectivity index (χ0n) is 9.99. The molecule has 0 aliphatic rings. The average molecular weight is 232 g/mol. The van der Waals surface area contributed by atoms with Crippen molar-refractivity contribution in [2.24, 2.45) is 0 Å². The van der Waals surface area contributed by atoms with E-state index >= 15 is 0 Å². The molecule has 0 unspecified atom stereocenters. The summed E-state index contributed by atoms with van der Waals surface area (Å²) in [7, 11) is 1.44. The van der Waals surface area contributed by atoms with Crippen molar-refractivity contribution >= 4 is 0 Å². The van der Waals surface area contributed by atoms with Crippen molar-refractivity contribution in [3.8, 4) is 16.9 Å². The summed E-state index contributed by atoms with van der Waals surface area (Å²) in [6, 6.07) is 4.86. The maximum Gasteiger partial charge on any atom is 0.165 e. The summed E-state index contributed by atoms with van der Waals surface area (Å²) in [6.07, 6.45) is 1.51. The third-order valence-electron chi connectivity index (χ3n) is 2.67. The highest BCUT2D eigenvalue weighted by Crippen LogP contribution is 2.28. The average Bonchev–Trinajstić information content (AvgIpc) is 2.29. The number of rotatable bonds is 2. The fourth-order valence-electron chi connectivity index (χ4n) is 1.83. The van der Waals surface area contributed by atoms with Crippen LogP contribution in [-0.4, -0.2) is 17.1 Å². The van der Waals surface area contributed by atoms with Crippen molar-refractivity contribution in [1.29, 1.82) is 0 Å². The van der Waals surface area contributed by atoms with E-state index in [0.717, 1.165) is 22.5 Å². The molecule has 0 aliphatic heterocycles. The molecule has 2 rings (SSSR count). The monoisotopic (exact) mass is 232 g/mol. The van der Waals surface area contributed by atoms with Crippen LogP contribution in [0.3, 0.4) is 0 Å². The van der Waals surface area contributed by atoms with E-state index in [-0.39, 0.29) is 11.6 Å². The van der Waals surface area contributed by atoms with Crippen molar-refractivity contribution in [2.45, 2.75) is 13.8 Å². The molecule has 0 aliphatic carbocycles. The molecule has 0 radical (unpaired) electrons. The lowest BCUT2D eigenvalue weighted by Crippen LogP contribution is -1.96. The molecular weight excluding hydrogens is 219 g/mol. The minimum Gasteiger partial charge on any atom is -0.494 e. The van der Waals surface area contributed by atoms with Gasteiger partial charge in [-0.05, 0) is 31.5 Å². The third-order valence-corrected chi connectivity index (χ3v) is 2.67. The number of benzene rings is 1. The Balaban J connectivity index is 2.57. The van der Waals surface area contributed by atoms with Gasteiger partial charge in [0.2, 0.25) is 0 Å². The molecule has 88 valence electrons. The maximum atomic E-state index is 13.6. The van der Waals surface area contributed by atoms with E-state index in [2.05, 4.69) is 9.97 Å². The zero-order chi connectivity index (χ0) is 12.4. The quantitative estimate of drug-likeness (QED) is 0.798. The normalized spacial score (nSPS) is 10.4.